The molecule has 4 atom stereocenters. The monoisotopic (exact) mass is 725 g/mol. The van der Waals surface area contributed by atoms with Crippen molar-refractivity contribution in [3.63, 3.8) is 0 Å². The van der Waals surface area contributed by atoms with E-state index in [1.165, 1.54) is 0 Å². The van der Waals surface area contributed by atoms with Crippen LogP contribution in [0.3, 0.4) is 0 Å². The third-order valence-electron chi connectivity index (χ3n) is 10.2. The number of nitrogens with two attached hydrogens (primary N) is 1. The lowest BCUT2D eigenvalue weighted by molar-refractivity contribution is -0.132. The van der Waals surface area contributed by atoms with Gasteiger partial charge in [0.15, 0.2) is 0 Å². The van der Waals surface area contributed by atoms with Crippen molar-refractivity contribution in [2.75, 3.05) is 58.2 Å². The molecule has 0 radical (unpaired) electrons. The number of nitrogens with one attached hydrogen (secondary N) is 2. The number of rotatable bonds is 18. The van der Waals surface area contributed by atoms with E-state index in [1.807, 2.05) is 4.90 Å². The maximum absolute atomic E-state index is 13.1. The van der Waals surface area contributed by atoms with Crippen LogP contribution in [0, 0.1) is 5.92 Å². The van der Waals surface area contributed by atoms with E-state index in [4.69, 9.17) is 27.2 Å². The first-order valence-corrected chi connectivity index (χ1v) is 18.5. The number of hydrogen-bond acceptors (Lipinski definition) is 11. The average molecular weight is 726 g/mol. The molecule has 0 spiro atoms. The van der Waals surface area contributed by atoms with Gasteiger partial charge in [-0.3, -0.25) is 14.4 Å². The van der Waals surface area contributed by atoms with Crippen molar-refractivity contribution in [3.8, 4) is 5.75 Å². The fourth-order valence-corrected chi connectivity index (χ4v) is 7.25. The molecular formula is C35H56ClN5O9. The van der Waals surface area contributed by atoms with Crippen LogP contribution in [0.4, 0.5) is 5.69 Å². The lowest BCUT2D eigenvalue weighted by Crippen LogP contribution is -2.49. The van der Waals surface area contributed by atoms with Crippen LogP contribution < -0.4 is 21.1 Å². The molecule has 1 aromatic carbocycles. The van der Waals surface area contributed by atoms with Gasteiger partial charge in [-0.15, -0.1) is 0 Å². The Balaban J connectivity index is 1.01. The number of unbranched alkanes of at least 4 members (excludes halogenated alkanes) is 4. The molecular weight excluding hydrogens is 670 g/mol. The van der Waals surface area contributed by atoms with Crippen molar-refractivity contribution in [2.24, 2.45) is 5.92 Å². The Morgan fingerprint density at radius 3 is 2.24 bits per heavy atom. The van der Waals surface area contributed by atoms with Crippen LogP contribution in [-0.2, 0) is 16.0 Å². The first-order chi connectivity index (χ1) is 24.0. The highest BCUT2D eigenvalue weighted by molar-refractivity contribution is 6.33. The van der Waals surface area contributed by atoms with Gasteiger partial charge in [0.25, 0.3) is 5.91 Å². The maximum atomic E-state index is 13.1. The summed E-state index contributed by atoms with van der Waals surface area (Å²) in [6.07, 6.45) is 2.77. The number of aliphatic hydroxyl groups is 5. The Labute approximate surface area is 299 Å². The predicted molar refractivity (Wildman–Crippen MR) is 188 cm³/mol. The molecule has 0 unspecified atom stereocenters. The minimum Gasteiger partial charge on any atom is -0.492 e. The number of amides is 3. The van der Waals surface area contributed by atoms with Crippen molar-refractivity contribution in [3.05, 3.63) is 22.2 Å². The summed E-state index contributed by atoms with van der Waals surface area (Å²) in [4.78, 5) is 42.4. The smallest absolute Gasteiger partial charge is 0.255 e. The van der Waals surface area contributed by atoms with E-state index in [0.29, 0.717) is 53.8 Å². The van der Waals surface area contributed by atoms with Gasteiger partial charge >= 0.3 is 0 Å². The Bertz CT molecular complexity index is 1270. The second-order valence-electron chi connectivity index (χ2n) is 14.0. The molecule has 2 saturated heterocycles. The van der Waals surface area contributed by atoms with E-state index in [0.717, 1.165) is 89.7 Å². The first-order valence-electron chi connectivity index (χ1n) is 18.1. The van der Waals surface area contributed by atoms with Gasteiger partial charge in [0, 0.05) is 70.1 Å². The zero-order chi connectivity index (χ0) is 36.2. The first kappa shape index (κ1) is 40.1. The van der Waals surface area contributed by atoms with E-state index < -0.39 is 31.0 Å². The predicted octanol–water partition coefficient (Wildman–Crippen LogP) is 0.573. The molecule has 3 aliphatic heterocycles. The molecule has 0 bridgehead atoms. The summed E-state index contributed by atoms with van der Waals surface area (Å²) >= 11 is 6.29. The standard InChI is InChI=1S/C35H56ClN5O9/c36-26-18-25(34-24(31(26)37)12-17-50-34)35(49)39-23-10-13-40(14-11-23)20-22-8-15-41(16-9-22)30(46)7-5-3-1-2-4-6-29(45)38-19-27(43)32(47)33(48)28(44)21-42/h18,22-23,27-28,32-33,42-44,47-48H,1-17,19-21,37H2,(H,38,45)(H,39,49)/t27-,28+,32+,33+/m0/s1. The SMILES string of the molecule is Nc1c(Cl)cc(C(=O)NC2CCN(CC3CCN(C(=O)CCCCCCCC(=O)NC[C@H](O)[C@@H](O)[C@H](O)[C@H](O)CO)CC3)CC2)c2c1CCO2. The largest absolute Gasteiger partial charge is 0.492 e. The number of fused-ring (bicyclic) bond motifs is 1. The van der Waals surface area contributed by atoms with Crippen LogP contribution in [0.25, 0.3) is 0 Å². The topological polar surface area (TPSA) is 218 Å². The number of aliphatic hydroxyl groups excluding tert-OH is 5. The van der Waals surface area contributed by atoms with Crippen LogP contribution in [-0.4, -0.2) is 136 Å². The van der Waals surface area contributed by atoms with Crippen LogP contribution in [0.5, 0.6) is 5.75 Å². The highest BCUT2D eigenvalue weighted by Gasteiger charge is 2.31. The summed E-state index contributed by atoms with van der Waals surface area (Å²) in [5.74, 6) is 0.850. The summed E-state index contributed by atoms with van der Waals surface area (Å²) in [7, 11) is 0. The fraction of sp³-hybridized carbons (Fsp3) is 0.743. The Kier molecular flexibility index (Phi) is 15.8. The van der Waals surface area contributed by atoms with Gasteiger partial charge in [0.2, 0.25) is 11.8 Å². The van der Waals surface area contributed by atoms with E-state index >= 15 is 0 Å². The van der Waals surface area contributed by atoms with Gasteiger partial charge in [0.05, 0.1) is 35.6 Å². The molecule has 4 rings (SSSR count). The number of hydrogen-bond donors (Lipinski definition) is 8. The summed E-state index contributed by atoms with van der Waals surface area (Å²) in [6.45, 7) is 3.87. The van der Waals surface area contributed by atoms with Gasteiger partial charge < -0.3 is 56.4 Å². The molecule has 2 fully saturated rings. The van der Waals surface area contributed by atoms with E-state index in [2.05, 4.69) is 15.5 Å². The summed E-state index contributed by atoms with van der Waals surface area (Å²) < 4.78 is 5.70. The van der Waals surface area contributed by atoms with Crippen molar-refractivity contribution < 1.29 is 44.7 Å². The number of anilines is 1. The zero-order valence-electron chi connectivity index (χ0n) is 28.9. The molecule has 282 valence electrons. The fourth-order valence-electron chi connectivity index (χ4n) is 7.03. The molecule has 3 amide bonds. The third kappa shape index (κ3) is 11.4. The number of benzene rings is 1. The van der Waals surface area contributed by atoms with Crippen LogP contribution in [0.1, 0.15) is 86.6 Å². The second-order valence-corrected chi connectivity index (χ2v) is 14.4. The lowest BCUT2D eigenvalue weighted by atomic mass is 9.94. The summed E-state index contributed by atoms with van der Waals surface area (Å²) in [6, 6.07) is 1.70. The Hall–Kier alpha value is -2.72. The number of carbonyl (C=O) groups excluding carboxylic acids is 3. The quantitative estimate of drug-likeness (QED) is 0.0773. The van der Waals surface area contributed by atoms with Gasteiger partial charge in [-0.25, -0.2) is 0 Å². The van der Waals surface area contributed by atoms with Crippen molar-refractivity contribution in [2.45, 2.75) is 108 Å². The van der Waals surface area contributed by atoms with Crippen molar-refractivity contribution in [1.29, 1.82) is 0 Å². The maximum Gasteiger partial charge on any atom is 0.255 e. The van der Waals surface area contributed by atoms with Gasteiger partial charge in [-0.1, -0.05) is 30.9 Å². The Morgan fingerprint density at radius 2 is 1.56 bits per heavy atom. The minimum absolute atomic E-state index is 0.0919. The van der Waals surface area contributed by atoms with Gasteiger partial charge in [-0.2, -0.15) is 0 Å². The van der Waals surface area contributed by atoms with Crippen molar-refractivity contribution >= 4 is 35.0 Å². The number of piperidine rings is 2. The number of likely N-dealkylation sites (tertiary alicyclic amines) is 2. The van der Waals surface area contributed by atoms with E-state index in [-0.39, 0.29) is 36.7 Å². The van der Waals surface area contributed by atoms with Gasteiger partial charge in [-0.05, 0) is 50.5 Å². The Morgan fingerprint density at radius 1 is 0.920 bits per heavy atom. The molecule has 14 nitrogen and oxygen atoms in total. The molecule has 0 saturated carbocycles. The molecule has 3 aliphatic rings. The highest BCUT2D eigenvalue weighted by atomic mass is 35.5. The molecule has 50 heavy (non-hydrogen) atoms. The lowest BCUT2D eigenvalue weighted by Gasteiger charge is -2.38. The van der Waals surface area contributed by atoms with E-state index in [1.54, 1.807) is 6.07 Å². The molecule has 9 N–H and O–H groups in total. The number of nitrogens with zero attached hydrogens (tertiary/aromatic N) is 2. The van der Waals surface area contributed by atoms with Crippen LogP contribution >= 0.6 is 11.6 Å². The third-order valence-corrected chi connectivity index (χ3v) is 10.6. The van der Waals surface area contributed by atoms with E-state index in [9.17, 15) is 34.8 Å². The summed E-state index contributed by atoms with van der Waals surface area (Å²) in [5.41, 5.74) is 7.83. The molecule has 15 heteroatoms. The van der Waals surface area contributed by atoms with Crippen molar-refractivity contribution in [1.82, 2.24) is 20.4 Å². The normalized spacial score (nSPS) is 19.7. The average Bonchev–Trinajstić information content (AvgIpc) is 3.62. The number of nitrogen functional groups attached to an aromatic ring is 1. The summed E-state index contributed by atoms with van der Waals surface area (Å²) in [5, 5.41) is 53.6. The van der Waals surface area contributed by atoms with Gasteiger partial charge in [0.1, 0.15) is 24.1 Å². The molecule has 3 heterocycles. The van der Waals surface area contributed by atoms with Crippen LogP contribution in [0.2, 0.25) is 5.02 Å². The molecule has 0 aliphatic carbocycles. The number of halogens is 1. The highest BCUT2D eigenvalue weighted by Crippen LogP contribution is 2.38. The molecule has 0 aromatic heterocycles. The molecule has 1 aromatic rings. The minimum atomic E-state index is -1.73. The number of carbonyl (C=O) groups is 3. The van der Waals surface area contributed by atoms with Crippen LogP contribution in [0.15, 0.2) is 6.07 Å². The zero-order valence-corrected chi connectivity index (χ0v) is 29.7. The second kappa shape index (κ2) is 19.8. The number of ether oxygens (including phenoxy) is 1.